The van der Waals surface area contributed by atoms with E-state index in [4.69, 9.17) is 4.74 Å². The van der Waals surface area contributed by atoms with Gasteiger partial charge in [-0.3, -0.25) is 4.79 Å². The first-order valence-corrected chi connectivity index (χ1v) is 7.68. The fourth-order valence-corrected chi connectivity index (χ4v) is 2.12. The second-order valence-corrected chi connectivity index (χ2v) is 5.66. The molecule has 25 heavy (non-hydrogen) atoms. The summed E-state index contributed by atoms with van der Waals surface area (Å²) in [6.45, 7) is 5.56. The summed E-state index contributed by atoms with van der Waals surface area (Å²) < 4.78 is 49.7. The molecule has 0 spiro atoms. The van der Waals surface area contributed by atoms with Crippen LogP contribution in [0.4, 0.5) is 13.2 Å². The van der Waals surface area contributed by atoms with E-state index in [9.17, 15) is 22.8 Å². The Kier molecular flexibility index (Phi) is 7.20. The largest absolute Gasteiger partial charge is 0.501 e. The number of methoxy groups -OCH3 is 1. The number of aromatic nitrogens is 2. The highest BCUT2D eigenvalue weighted by Gasteiger charge is 2.37. The third-order valence-electron chi connectivity index (χ3n) is 3.22. The van der Waals surface area contributed by atoms with Crippen molar-refractivity contribution in [1.82, 2.24) is 9.78 Å². The summed E-state index contributed by atoms with van der Waals surface area (Å²) in [5.74, 6) is -0.905. The maximum absolute atomic E-state index is 13.2. The molecule has 0 N–H and O–H groups in total. The highest BCUT2D eigenvalue weighted by molar-refractivity contribution is 5.74. The number of ether oxygens (including phenoxy) is 2. The van der Waals surface area contributed by atoms with Crippen LogP contribution in [0, 0.1) is 5.92 Å². The van der Waals surface area contributed by atoms with Gasteiger partial charge < -0.3 is 9.47 Å². The van der Waals surface area contributed by atoms with Crippen LogP contribution in [0.2, 0.25) is 0 Å². The monoisotopic (exact) mass is 362 g/mol. The minimum Gasteiger partial charge on any atom is -0.501 e. The SMILES string of the molecule is CCOC=Cc1cc(C(F)(F)F)c(=O)n(C(CC(C)C)C(=O)OC)n1. The van der Waals surface area contributed by atoms with Crippen molar-refractivity contribution in [3.05, 3.63) is 33.9 Å². The Bertz CT molecular complexity index is 681. The molecule has 1 rings (SSSR count). The van der Waals surface area contributed by atoms with E-state index in [0.717, 1.165) is 7.11 Å². The Morgan fingerprint density at radius 3 is 2.52 bits per heavy atom. The number of halogens is 3. The van der Waals surface area contributed by atoms with Gasteiger partial charge in [0.2, 0.25) is 0 Å². The van der Waals surface area contributed by atoms with Gasteiger partial charge in [-0.2, -0.15) is 18.3 Å². The van der Waals surface area contributed by atoms with Crippen molar-refractivity contribution < 1.29 is 27.4 Å². The molecule has 0 amide bonds. The maximum Gasteiger partial charge on any atom is 0.421 e. The second-order valence-electron chi connectivity index (χ2n) is 5.66. The molecule has 1 heterocycles. The zero-order chi connectivity index (χ0) is 19.2. The molecule has 1 unspecified atom stereocenters. The summed E-state index contributed by atoms with van der Waals surface area (Å²) in [6, 6.07) is -0.628. The second kappa shape index (κ2) is 8.68. The zero-order valence-electron chi connectivity index (χ0n) is 14.5. The van der Waals surface area contributed by atoms with Gasteiger partial charge in [-0.15, -0.1) is 0 Å². The van der Waals surface area contributed by atoms with Gasteiger partial charge in [0, 0.05) is 6.08 Å². The van der Waals surface area contributed by atoms with Gasteiger partial charge in [-0.05, 0) is 25.3 Å². The molecule has 1 aromatic rings. The van der Waals surface area contributed by atoms with Crippen LogP contribution in [0.5, 0.6) is 0 Å². The molecule has 6 nitrogen and oxygen atoms in total. The minimum absolute atomic E-state index is 0.0743. The summed E-state index contributed by atoms with van der Waals surface area (Å²) in [7, 11) is 1.10. The first-order chi connectivity index (χ1) is 11.6. The van der Waals surface area contributed by atoms with Crippen LogP contribution < -0.4 is 5.56 Å². The summed E-state index contributed by atoms with van der Waals surface area (Å²) in [4.78, 5) is 24.2. The standard InChI is InChI=1S/C16H21F3N2O4/c1-5-25-7-6-11-9-12(16(17,18)19)14(22)21(20-11)13(8-10(2)3)15(23)24-4/h6-7,9-10,13H,5,8H2,1-4H3. The van der Waals surface area contributed by atoms with Crippen LogP contribution in [0.25, 0.3) is 6.08 Å². The van der Waals surface area contributed by atoms with E-state index in [-0.39, 0.29) is 18.0 Å². The van der Waals surface area contributed by atoms with Gasteiger partial charge in [0.1, 0.15) is 5.56 Å². The van der Waals surface area contributed by atoms with Crippen molar-refractivity contribution in [1.29, 1.82) is 0 Å². The molecular formula is C16H21F3N2O4. The highest BCUT2D eigenvalue weighted by atomic mass is 19.4. The maximum atomic E-state index is 13.2. The summed E-state index contributed by atoms with van der Waals surface area (Å²) in [5, 5.41) is 3.88. The molecule has 0 saturated heterocycles. The van der Waals surface area contributed by atoms with Crippen LogP contribution in [-0.2, 0) is 20.4 Å². The lowest BCUT2D eigenvalue weighted by atomic mass is 10.0. The third-order valence-corrected chi connectivity index (χ3v) is 3.22. The summed E-state index contributed by atoms with van der Waals surface area (Å²) in [6.07, 6.45) is -2.41. The molecule has 0 aliphatic heterocycles. The topological polar surface area (TPSA) is 70.4 Å². The number of alkyl halides is 3. The lowest BCUT2D eigenvalue weighted by Crippen LogP contribution is -2.37. The van der Waals surface area contributed by atoms with Crippen LogP contribution in [0.15, 0.2) is 17.1 Å². The van der Waals surface area contributed by atoms with Gasteiger partial charge in [-0.25, -0.2) is 9.48 Å². The van der Waals surface area contributed by atoms with Gasteiger partial charge in [0.05, 0.1) is 25.7 Å². The van der Waals surface area contributed by atoms with Gasteiger partial charge in [-0.1, -0.05) is 13.8 Å². The molecular weight excluding hydrogens is 341 g/mol. The van der Waals surface area contributed by atoms with Crippen LogP contribution in [0.3, 0.4) is 0 Å². The quantitative estimate of drug-likeness (QED) is 0.551. The van der Waals surface area contributed by atoms with E-state index in [1.165, 1.54) is 12.3 Å². The number of rotatable bonds is 7. The molecule has 140 valence electrons. The molecule has 0 aromatic carbocycles. The predicted molar refractivity (Wildman–Crippen MR) is 84.7 cm³/mol. The van der Waals surface area contributed by atoms with Gasteiger partial charge in [0.25, 0.3) is 5.56 Å². The fourth-order valence-electron chi connectivity index (χ4n) is 2.12. The first kappa shape index (κ1) is 20.7. The van der Waals surface area contributed by atoms with Crippen molar-refractivity contribution in [2.45, 2.75) is 39.4 Å². The Balaban J connectivity index is 3.56. The lowest BCUT2D eigenvalue weighted by molar-refractivity contribution is -0.147. The number of hydrogen-bond acceptors (Lipinski definition) is 5. The molecule has 1 aromatic heterocycles. The Hall–Kier alpha value is -2.32. The Morgan fingerprint density at radius 2 is 2.04 bits per heavy atom. The summed E-state index contributed by atoms with van der Waals surface area (Å²) >= 11 is 0. The van der Waals surface area contributed by atoms with E-state index in [1.54, 1.807) is 20.8 Å². The number of carbonyl (C=O) groups excluding carboxylic acids is 1. The normalized spacial score (nSPS) is 13.3. The Morgan fingerprint density at radius 1 is 1.40 bits per heavy atom. The lowest BCUT2D eigenvalue weighted by Gasteiger charge is -2.20. The molecule has 9 heteroatoms. The molecule has 0 fully saturated rings. The van der Waals surface area contributed by atoms with E-state index in [1.807, 2.05) is 0 Å². The van der Waals surface area contributed by atoms with Crippen LogP contribution in [-0.4, -0.2) is 29.5 Å². The molecule has 0 aliphatic rings. The average Bonchev–Trinajstić information content (AvgIpc) is 2.52. The van der Waals surface area contributed by atoms with Crippen LogP contribution >= 0.6 is 0 Å². The van der Waals surface area contributed by atoms with Crippen molar-refractivity contribution in [3.63, 3.8) is 0 Å². The number of carbonyl (C=O) groups is 1. The molecule has 1 atom stereocenters. The average molecular weight is 362 g/mol. The predicted octanol–water partition coefficient (Wildman–Crippen LogP) is 3.03. The number of nitrogens with zero attached hydrogens (tertiary/aromatic N) is 2. The molecule has 0 saturated carbocycles. The molecule has 0 aliphatic carbocycles. The molecule has 0 bridgehead atoms. The van der Waals surface area contributed by atoms with Gasteiger partial charge in [0.15, 0.2) is 6.04 Å². The van der Waals surface area contributed by atoms with Crippen molar-refractivity contribution in [2.24, 2.45) is 5.92 Å². The van der Waals surface area contributed by atoms with E-state index >= 15 is 0 Å². The number of hydrogen-bond donors (Lipinski definition) is 0. The molecule has 0 radical (unpaired) electrons. The van der Waals surface area contributed by atoms with Crippen molar-refractivity contribution in [2.75, 3.05) is 13.7 Å². The smallest absolute Gasteiger partial charge is 0.421 e. The Labute approximate surface area is 143 Å². The van der Waals surface area contributed by atoms with E-state index in [2.05, 4.69) is 9.84 Å². The van der Waals surface area contributed by atoms with Crippen molar-refractivity contribution >= 4 is 12.0 Å². The highest BCUT2D eigenvalue weighted by Crippen LogP contribution is 2.28. The summed E-state index contributed by atoms with van der Waals surface area (Å²) in [5.41, 5.74) is -2.95. The van der Waals surface area contributed by atoms with E-state index in [0.29, 0.717) is 17.4 Å². The fraction of sp³-hybridized carbons (Fsp3) is 0.562. The van der Waals surface area contributed by atoms with Crippen molar-refractivity contribution in [3.8, 4) is 0 Å². The van der Waals surface area contributed by atoms with Gasteiger partial charge >= 0.3 is 12.1 Å². The number of esters is 1. The minimum atomic E-state index is -4.88. The first-order valence-electron chi connectivity index (χ1n) is 7.68. The van der Waals surface area contributed by atoms with E-state index < -0.39 is 29.3 Å². The van der Waals surface area contributed by atoms with Crippen LogP contribution in [0.1, 0.15) is 44.5 Å². The zero-order valence-corrected chi connectivity index (χ0v) is 14.5. The third kappa shape index (κ3) is 5.61.